The Kier molecular flexibility index (Phi) is 24.1. The lowest BCUT2D eigenvalue weighted by atomic mass is 10.0. The number of nitrogens with zero attached hydrogens (tertiary/aromatic N) is 2. The summed E-state index contributed by atoms with van der Waals surface area (Å²) in [6, 6.07) is 0. The monoisotopic (exact) mass is 505 g/mol. The van der Waals surface area contributed by atoms with Crippen molar-refractivity contribution in [1.82, 2.24) is 9.80 Å². The Morgan fingerprint density at radius 2 is 0.639 bits per heavy atom. The molecule has 0 aromatic carbocycles. The van der Waals surface area contributed by atoms with E-state index in [9.17, 15) is 0 Å². The Labute approximate surface area is 229 Å². The maximum atomic E-state index is 2.69. The van der Waals surface area contributed by atoms with E-state index in [1.807, 2.05) is 0 Å². The minimum atomic E-state index is 0.642. The molecule has 1 aliphatic rings. The fraction of sp³-hybridized carbons (Fsp3) is 0.941. The molecular formula is C34H68N2. The number of rotatable bonds is 28. The highest BCUT2D eigenvalue weighted by atomic mass is 15.4. The van der Waals surface area contributed by atoms with Crippen molar-refractivity contribution in [3.8, 4) is 0 Å². The van der Waals surface area contributed by atoms with Crippen LogP contribution < -0.4 is 0 Å². The molecular weight excluding hydrogens is 436 g/mol. The van der Waals surface area contributed by atoms with Crippen LogP contribution in [0.15, 0.2) is 12.4 Å². The van der Waals surface area contributed by atoms with Gasteiger partial charge in [-0.25, -0.2) is 0 Å². The Bertz CT molecular complexity index is 460. The van der Waals surface area contributed by atoms with Gasteiger partial charge >= 0.3 is 0 Å². The van der Waals surface area contributed by atoms with Crippen LogP contribution >= 0.6 is 0 Å². The molecule has 0 fully saturated rings. The molecule has 0 N–H and O–H groups in total. The van der Waals surface area contributed by atoms with Gasteiger partial charge in [0.25, 0.3) is 0 Å². The zero-order valence-electron chi connectivity index (χ0n) is 25.4. The number of unbranched alkanes of at least 4 members (excludes halogenated alkanes) is 22. The smallest absolute Gasteiger partial charge is 0.101 e. The molecule has 0 radical (unpaired) electrons. The summed E-state index contributed by atoms with van der Waals surface area (Å²) in [7, 11) is 0. The molecule has 2 nitrogen and oxygen atoms in total. The molecule has 0 amide bonds. The van der Waals surface area contributed by atoms with Gasteiger partial charge in [0.2, 0.25) is 0 Å². The van der Waals surface area contributed by atoms with Gasteiger partial charge in [0, 0.05) is 25.5 Å². The van der Waals surface area contributed by atoms with Crippen molar-refractivity contribution in [3.63, 3.8) is 0 Å². The van der Waals surface area contributed by atoms with Crippen LogP contribution in [0.5, 0.6) is 0 Å². The summed E-state index contributed by atoms with van der Waals surface area (Å²) in [5.41, 5.74) is 0. The van der Waals surface area contributed by atoms with E-state index in [0.717, 1.165) is 0 Å². The molecule has 1 rings (SSSR count). The van der Waals surface area contributed by atoms with Crippen molar-refractivity contribution in [2.45, 2.75) is 194 Å². The third-order valence-electron chi connectivity index (χ3n) is 8.32. The van der Waals surface area contributed by atoms with E-state index in [4.69, 9.17) is 0 Å². The number of hydrogen-bond donors (Lipinski definition) is 0. The second-order valence-electron chi connectivity index (χ2n) is 11.8. The average Bonchev–Trinajstić information content (AvgIpc) is 3.27. The topological polar surface area (TPSA) is 6.48 Å². The average molecular weight is 505 g/mol. The fourth-order valence-electron chi connectivity index (χ4n) is 5.83. The lowest BCUT2D eigenvalue weighted by Gasteiger charge is -2.33. The first-order chi connectivity index (χ1) is 17.8. The summed E-state index contributed by atoms with van der Waals surface area (Å²) in [4.78, 5) is 5.38. The van der Waals surface area contributed by atoms with Gasteiger partial charge in [-0.05, 0) is 25.7 Å². The van der Waals surface area contributed by atoms with Crippen LogP contribution in [0.3, 0.4) is 0 Å². The molecule has 214 valence electrons. The van der Waals surface area contributed by atoms with E-state index in [2.05, 4.69) is 43.0 Å². The maximum absolute atomic E-state index is 2.69. The molecule has 1 aliphatic heterocycles. The zero-order valence-corrected chi connectivity index (χ0v) is 25.4. The second-order valence-corrected chi connectivity index (χ2v) is 11.8. The van der Waals surface area contributed by atoms with Crippen molar-refractivity contribution in [3.05, 3.63) is 12.4 Å². The summed E-state index contributed by atoms with van der Waals surface area (Å²) in [5, 5.41) is 0. The quantitative estimate of drug-likeness (QED) is 0.0977. The van der Waals surface area contributed by atoms with Gasteiger partial charge in [-0.15, -0.1) is 0 Å². The highest BCUT2D eigenvalue weighted by Gasteiger charge is 2.24. The maximum Gasteiger partial charge on any atom is 0.101 e. The van der Waals surface area contributed by atoms with E-state index in [1.54, 1.807) is 0 Å². The molecule has 2 heteroatoms. The minimum absolute atomic E-state index is 0.642. The van der Waals surface area contributed by atoms with E-state index in [1.165, 1.54) is 180 Å². The van der Waals surface area contributed by atoms with E-state index < -0.39 is 0 Å². The van der Waals surface area contributed by atoms with Crippen molar-refractivity contribution < 1.29 is 0 Å². The normalized spacial score (nSPS) is 15.5. The van der Waals surface area contributed by atoms with Crippen LogP contribution in [0.1, 0.15) is 188 Å². The molecule has 0 saturated carbocycles. The van der Waals surface area contributed by atoms with Crippen LogP contribution in [0.2, 0.25) is 0 Å². The zero-order chi connectivity index (χ0) is 25.9. The number of hydrogen-bond acceptors (Lipinski definition) is 2. The Morgan fingerprint density at radius 1 is 0.361 bits per heavy atom. The van der Waals surface area contributed by atoms with Gasteiger partial charge in [-0.3, -0.25) is 0 Å². The Morgan fingerprint density at radius 3 is 1.00 bits per heavy atom. The highest BCUT2D eigenvalue weighted by molar-refractivity contribution is 4.97. The molecule has 1 unspecified atom stereocenters. The lowest BCUT2D eigenvalue weighted by Crippen LogP contribution is -2.39. The van der Waals surface area contributed by atoms with E-state index in [0.29, 0.717) is 6.17 Å². The van der Waals surface area contributed by atoms with E-state index in [-0.39, 0.29) is 0 Å². The van der Waals surface area contributed by atoms with Crippen molar-refractivity contribution >= 4 is 0 Å². The van der Waals surface area contributed by atoms with Gasteiger partial charge in [0.05, 0.1) is 0 Å². The molecule has 1 atom stereocenters. The third kappa shape index (κ3) is 18.6. The van der Waals surface area contributed by atoms with Crippen LogP contribution in [0.4, 0.5) is 0 Å². The third-order valence-corrected chi connectivity index (χ3v) is 8.32. The first-order valence-electron chi connectivity index (χ1n) is 17.0. The minimum Gasteiger partial charge on any atom is -0.356 e. The van der Waals surface area contributed by atoms with Crippen LogP contribution in [-0.4, -0.2) is 29.1 Å². The van der Waals surface area contributed by atoms with Crippen LogP contribution in [0.25, 0.3) is 0 Å². The summed E-state index contributed by atoms with van der Waals surface area (Å²) in [6.45, 7) is 9.46. The van der Waals surface area contributed by atoms with E-state index >= 15 is 0 Å². The first-order valence-corrected chi connectivity index (χ1v) is 17.0. The van der Waals surface area contributed by atoms with Crippen LogP contribution in [-0.2, 0) is 0 Å². The van der Waals surface area contributed by atoms with Crippen molar-refractivity contribution in [2.24, 2.45) is 0 Å². The standard InChI is InChI=1S/C34H68N2/c1-4-7-10-13-15-17-18-19-20-22-24-26-29-34-35(30-27-12-9-6-3)32-33-36(34)31-28-25-23-21-16-14-11-8-5-2/h32-34H,4-31H2,1-3H3. The van der Waals surface area contributed by atoms with Gasteiger partial charge in [0.1, 0.15) is 6.17 Å². The summed E-state index contributed by atoms with van der Waals surface area (Å²) < 4.78 is 0. The predicted molar refractivity (Wildman–Crippen MR) is 163 cm³/mol. The molecule has 0 aliphatic carbocycles. The SMILES string of the molecule is CCCCCCCCCCCCCCC1N(CCCCCC)C=CN1CCCCCCCCCCC. The lowest BCUT2D eigenvalue weighted by molar-refractivity contribution is 0.135. The Hall–Kier alpha value is -0.660. The summed E-state index contributed by atoms with van der Waals surface area (Å²) in [5.74, 6) is 0. The second kappa shape index (κ2) is 26.0. The van der Waals surface area contributed by atoms with Gasteiger partial charge < -0.3 is 9.80 Å². The molecule has 36 heavy (non-hydrogen) atoms. The van der Waals surface area contributed by atoms with Gasteiger partial charge in [-0.2, -0.15) is 0 Å². The Balaban J connectivity index is 2.18. The predicted octanol–water partition coefficient (Wildman–Crippen LogP) is 11.6. The van der Waals surface area contributed by atoms with Gasteiger partial charge in [-0.1, -0.05) is 162 Å². The molecule has 0 aromatic heterocycles. The summed E-state index contributed by atoms with van der Waals surface area (Å²) in [6.07, 6.45) is 42.5. The molecule has 0 saturated heterocycles. The van der Waals surface area contributed by atoms with Crippen LogP contribution in [0, 0.1) is 0 Å². The van der Waals surface area contributed by atoms with Crippen molar-refractivity contribution in [2.75, 3.05) is 13.1 Å². The fourth-order valence-corrected chi connectivity index (χ4v) is 5.83. The molecule has 1 heterocycles. The molecule has 0 aromatic rings. The largest absolute Gasteiger partial charge is 0.356 e. The molecule has 0 bridgehead atoms. The summed E-state index contributed by atoms with van der Waals surface area (Å²) >= 11 is 0. The first kappa shape index (κ1) is 33.4. The molecule has 0 spiro atoms. The van der Waals surface area contributed by atoms with Gasteiger partial charge in [0.15, 0.2) is 0 Å². The highest BCUT2D eigenvalue weighted by Crippen LogP contribution is 2.24. The van der Waals surface area contributed by atoms with Crippen molar-refractivity contribution in [1.29, 1.82) is 0 Å².